The molecule has 1 saturated heterocycles. The lowest BCUT2D eigenvalue weighted by Crippen LogP contribution is -2.59. The van der Waals surface area contributed by atoms with E-state index < -0.39 is 63.2 Å². The molecule has 1 unspecified atom stereocenters. The van der Waals surface area contributed by atoms with Gasteiger partial charge in [-0.3, -0.25) is 19.2 Å². The number of carbonyl (C=O) groups is 4. The van der Waals surface area contributed by atoms with Gasteiger partial charge in [0.25, 0.3) is 5.91 Å². The van der Waals surface area contributed by atoms with Gasteiger partial charge in [-0.25, -0.2) is 13.4 Å². The zero-order valence-corrected chi connectivity index (χ0v) is 27.4. The van der Waals surface area contributed by atoms with E-state index in [9.17, 15) is 27.6 Å². The summed E-state index contributed by atoms with van der Waals surface area (Å²) in [5.74, 6) is -2.57. The molecule has 1 saturated carbocycles. The molecule has 0 radical (unpaired) electrons. The van der Waals surface area contributed by atoms with Crippen LogP contribution in [0.15, 0.2) is 53.6 Å². The van der Waals surface area contributed by atoms with Gasteiger partial charge in [0.05, 0.1) is 22.5 Å². The molecule has 4 atom stereocenters. The lowest BCUT2D eigenvalue weighted by atomic mass is 9.86. The smallest absolute Gasteiger partial charge is 0.289 e. The lowest BCUT2D eigenvalue weighted by Gasteiger charge is -2.35. The van der Waals surface area contributed by atoms with Crippen LogP contribution in [-0.4, -0.2) is 78.6 Å². The van der Waals surface area contributed by atoms with Crippen LogP contribution in [0.25, 0.3) is 0 Å². The monoisotopic (exact) mass is 661 g/mol. The molecule has 0 bridgehead atoms. The highest BCUT2D eigenvalue weighted by Gasteiger charge is 2.47. The van der Waals surface area contributed by atoms with Gasteiger partial charge in [-0.05, 0) is 42.9 Å². The van der Waals surface area contributed by atoms with Crippen molar-refractivity contribution in [3.8, 4) is 5.88 Å². The second kappa shape index (κ2) is 14.3. The zero-order chi connectivity index (χ0) is 32.9. The average Bonchev–Trinajstić information content (AvgIpc) is 3.71. The molecule has 1 aromatic carbocycles. The van der Waals surface area contributed by atoms with Crippen molar-refractivity contribution in [1.29, 1.82) is 0 Å². The molecule has 14 heteroatoms. The van der Waals surface area contributed by atoms with Crippen LogP contribution in [0.1, 0.15) is 59.8 Å². The van der Waals surface area contributed by atoms with Crippen molar-refractivity contribution < 1.29 is 32.3 Å². The predicted octanol–water partition coefficient (Wildman–Crippen LogP) is 2.61. The number of amides is 3. The Morgan fingerprint density at radius 1 is 1.09 bits per heavy atom. The second-order valence-electron chi connectivity index (χ2n) is 12.5. The minimum Gasteiger partial charge on any atom is -0.472 e. The van der Waals surface area contributed by atoms with Gasteiger partial charge < -0.3 is 20.3 Å². The molecular formula is C31H40ClN5O7S. The van der Waals surface area contributed by atoms with Gasteiger partial charge in [0.1, 0.15) is 18.2 Å². The summed E-state index contributed by atoms with van der Waals surface area (Å²) in [6.07, 6.45) is 3.09. The first-order valence-corrected chi connectivity index (χ1v) is 16.9. The van der Waals surface area contributed by atoms with Crippen molar-refractivity contribution in [2.24, 2.45) is 5.41 Å². The Morgan fingerprint density at radius 2 is 1.78 bits per heavy atom. The van der Waals surface area contributed by atoms with Crippen molar-refractivity contribution in [3.05, 3.63) is 53.7 Å². The highest BCUT2D eigenvalue weighted by atomic mass is 35.5. The Bertz CT molecular complexity index is 1490. The number of ketones is 1. The molecule has 45 heavy (non-hydrogen) atoms. The first-order chi connectivity index (χ1) is 21.2. The van der Waals surface area contributed by atoms with Crippen LogP contribution in [0.2, 0.25) is 5.02 Å². The number of hydrogen-bond acceptors (Lipinski definition) is 8. The summed E-state index contributed by atoms with van der Waals surface area (Å²) in [7, 11) is -4.11. The number of nitrogens with zero attached hydrogens (tertiary/aromatic N) is 2. The first kappa shape index (κ1) is 34.3. The fraction of sp³-hybridized carbons (Fsp3) is 0.516. The van der Waals surface area contributed by atoms with Gasteiger partial charge in [-0.15, -0.1) is 0 Å². The van der Waals surface area contributed by atoms with Gasteiger partial charge in [0.2, 0.25) is 33.5 Å². The van der Waals surface area contributed by atoms with Gasteiger partial charge in [-0.2, -0.15) is 4.72 Å². The van der Waals surface area contributed by atoms with Crippen molar-refractivity contribution in [2.45, 2.75) is 95.0 Å². The maximum Gasteiger partial charge on any atom is 0.289 e. The van der Waals surface area contributed by atoms with E-state index in [0.717, 1.165) is 12.8 Å². The Labute approximate surface area is 268 Å². The standard InChI is InChI=1S/C31H40ClN5O7S/c1-5-9-23(26(38)29(40)34-20-13-14-20)35-28(39)24-16-21(44-25-15-12-19(32)17-33-25)18-37(24)30(41)27(31(2,3)4)36-45(42,43)22-10-7-6-8-11-22/h6-8,10-12,15,17,20-21,23-24,27,36H,5,9,13-14,16,18H2,1-4H3,(H,34,40)(H,35,39)/t21-,23?,24+,27-/m1/s1. The fourth-order valence-electron chi connectivity index (χ4n) is 5.03. The predicted molar refractivity (Wildman–Crippen MR) is 167 cm³/mol. The van der Waals surface area contributed by atoms with Gasteiger partial charge in [-0.1, -0.05) is 63.9 Å². The number of halogens is 1. The Hall–Kier alpha value is -3.55. The number of aromatic nitrogens is 1. The van der Waals surface area contributed by atoms with E-state index in [4.69, 9.17) is 16.3 Å². The molecule has 2 aliphatic rings. The number of benzene rings is 1. The third-order valence-electron chi connectivity index (χ3n) is 7.62. The van der Waals surface area contributed by atoms with Crippen LogP contribution < -0.4 is 20.1 Å². The van der Waals surface area contributed by atoms with E-state index >= 15 is 0 Å². The van der Waals surface area contributed by atoms with Crippen LogP contribution >= 0.6 is 11.6 Å². The molecule has 0 spiro atoms. The van der Waals surface area contributed by atoms with Crippen LogP contribution in [0.4, 0.5) is 0 Å². The Morgan fingerprint density at radius 3 is 2.36 bits per heavy atom. The van der Waals surface area contributed by atoms with Gasteiger partial charge in [0.15, 0.2) is 0 Å². The maximum absolute atomic E-state index is 14.2. The Kier molecular flexibility index (Phi) is 10.9. The number of likely N-dealkylation sites (tertiary alicyclic amines) is 1. The number of sulfonamides is 1. The highest BCUT2D eigenvalue weighted by Crippen LogP contribution is 2.29. The van der Waals surface area contributed by atoms with Gasteiger partial charge in [0, 0.05) is 24.7 Å². The Balaban J connectivity index is 1.61. The molecule has 244 valence electrons. The van der Waals surface area contributed by atoms with E-state index in [1.165, 1.54) is 23.2 Å². The van der Waals surface area contributed by atoms with E-state index in [0.29, 0.717) is 11.4 Å². The van der Waals surface area contributed by atoms with Crippen molar-refractivity contribution in [1.82, 2.24) is 25.2 Å². The molecule has 2 fully saturated rings. The molecule has 1 aromatic heterocycles. The molecule has 3 amide bonds. The van der Waals surface area contributed by atoms with Crippen LogP contribution in [0, 0.1) is 5.41 Å². The number of ether oxygens (including phenoxy) is 1. The second-order valence-corrected chi connectivity index (χ2v) is 14.6. The number of carbonyl (C=O) groups excluding carboxylic acids is 4. The molecule has 4 rings (SSSR count). The minimum absolute atomic E-state index is 0.0109. The minimum atomic E-state index is -4.11. The van der Waals surface area contributed by atoms with E-state index in [-0.39, 0.29) is 36.2 Å². The third kappa shape index (κ3) is 9.01. The number of pyridine rings is 1. The van der Waals surface area contributed by atoms with E-state index in [2.05, 4.69) is 20.3 Å². The third-order valence-corrected chi connectivity index (χ3v) is 9.28. The molecule has 12 nitrogen and oxygen atoms in total. The first-order valence-electron chi connectivity index (χ1n) is 15.0. The van der Waals surface area contributed by atoms with Crippen LogP contribution in [0.3, 0.4) is 0 Å². The molecule has 2 aromatic rings. The van der Waals surface area contributed by atoms with Crippen molar-refractivity contribution in [3.63, 3.8) is 0 Å². The summed E-state index contributed by atoms with van der Waals surface area (Å²) in [5.41, 5.74) is -0.905. The quantitative estimate of drug-likeness (QED) is 0.276. The van der Waals surface area contributed by atoms with Crippen molar-refractivity contribution in [2.75, 3.05) is 6.54 Å². The molecule has 1 aliphatic heterocycles. The highest BCUT2D eigenvalue weighted by molar-refractivity contribution is 7.89. The zero-order valence-electron chi connectivity index (χ0n) is 25.8. The van der Waals surface area contributed by atoms with E-state index in [1.807, 2.05) is 6.92 Å². The topological polar surface area (TPSA) is 164 Å². The SMILES string of the molecule is CCCC(NC(=O)[C@@H]1C[C@@H](Oc2ccc(Cl)cn2)CN1C(=O)[C@@H](NS(=O)(=O)c1ccccc1)C(C)(C)C)C(=O)C(=O)NC1CC1. The summed E-state index contributed by atoms with van der Waals surface area (Å²) >= 11 is 5.95. The fourth-order valence-corrected chi connectivity index (χ4v) is 6.56. The normalized spacial score (nSPS) is 19.8. The lowest BCUT2D eigenvalue weighted by molar-refractivity contribution is -0.143. The number of Topliss-reactive ketones (excluding diaryl/α,β-unsaturated/α-hetero) is 1. The van der Waals surface area contributed by atoms with Gasteiger partial charge >= 0.3 is 0 Å². The number of nitrogens with one attached hydrogen (secondary N) is 3. The molecule has 3 N–H and O–H groups in total. The van der Waals surface area contributed by atoms with E-state index in [1.54, 1.807) is 51.1 Å². The van der Waals surface area contributed by atoms with Crippen LogP contribution in [-0.2, 0) is 29.2 Å². The summed E-state index contributed by atoms with van der Waals surface area (Å²) in [4.78, 5) is 59.0. The van der Waals surface area contributed by atoms with Crippen LogP contribution in [0.5, 0.6) is 5.88 Å². The maximum atomic E-state index is 14.2. The summed E-state index contributed by atoms with van der Waals surface area (Å²) < 4.78 is 35.2. The molecule has 1 aliphatic carbocycles. The molecular weight excluding hydrogens is 622 g/mol. The largest absolute Gasteiger partial charge is 0.472 e. The summed E-state index contributed by atoms with van der Waals surface area (Å²) in [6.45, 7) is 6.92. The average molecular weight is 662 g/mol. The number of rotatable bonds is 13. The summed E-state index contributed by atoms with van der Waals surface area (Å²) in [5, 5.41) is 5.76. The summed E-state index contributed by atoms with van der Waals surface area (Å²) in [6, 6.07) is 7.32. The van der Waals surface area contributed by atoms with Crippen molar-refractivity contribution >= 4 is 45.1 Å². The number of hydrogen-bond donors (Lipinski definition) is 3. The molecule has 2 heterocycles.